The van der Waals surface area contributed by atoms with Crippen LogP contribution in [0.5, 0.6) is 0 Å². The van der Waals surface area contributed by atoms with Crippen molar-refractivity contribution in [3.05, 3.63) is 34.3 Å². The second kappa shape index (κ2) is 5.49. The summed E-state index contributed by atoms with van der Waals surface area (Å²) in [4.78, 5) is 0. The molecule has 1 rings (SSSR count). The Bertz CT molecular complexity index is 271. The lowest BCUT2D eigenvalue weighted by Crippen LogP contribution is -2.20. The van der Waals surface area contributed by atoms with Gasteiger partial charge >= 0.3 is 0 Å². The Labute approximate surface area is 92.7 Å². The van der Waals surface area contributed by atoms with Crippen molar-refractivity contribution in [3.63, 3.8) is 0 Å². The van der Waals surface area contributed by atoms with Gasteiger partial charge in [-0.2, -0.15) is 0 Å². The van der Waals surface area contributed by atoms with Gasteiger partial charge in [0.05, 0.1) is 12.7 Å². The van der Waals surface area contributed by atoms with Crippen molar-refractivity contribution in [2.24, 2.45) is 0 Å². The summed E-state index contributed by atoms with van der Waals surface area (Å²) >= 11 is 3.35. The molecule has 0 aliphatic heterocycles. The van der Waals surface area contributed by atoms with Gasteiger partial charge in [0, 0.05) is 10.4 Å². The molecule has 2 nitrogen and oxygen atoms in total. The molecule has 0 bridgehead atoms. The lowest BCUT2D eigenvalue weighted by Gasteiger charge is -2.19. The van der Waals surface area contributed by atoms with Crippen molar-refractivity contribution in [2.75, 3.05) is 6.61 Å². The molecule has 0 fully saturated rings. The van der Waals surface area contributed by atoms with Gasteiger partial charge < -0.3 is 10.2 Å². The van der Waals surface area contributed by atoms with Crippen LogP contribution in [0.2, 0.25) is 0 Å². The predicted octanol–water partition coefficient (Wildman–Crippen LogP) is 2.30. The molecule has 0 heterocycles. The molecule has 0 radical (unpaired) electrons. The lowest BCUT2D eigenvalue weighted by atomic mass is 9.93. The van der Waals surface area contributed by atoms with Crippen LogP contribution in [0.3, 0.4) is 0 Å². The van der Waals surface area contributed by atoms with Crippen molar-refractivity contribution < 1.29 is 10.2 Å². The van der Waals surface area contributed by atoms with Crippen LogP contribution in [0.4, 0.5) is 0 Å². The van der Waals surface area contributed by atoms with Gasteiger partial charge in [-0.25, -0.2) is 0 Å². The molecule has 1 aromatic carbocycles. The van der Waals surface area contributed by atoms with Gasteiger partial charge in [0.2, 0.25) is 0 Å². The molecule has 78 valence electrons. The molecule has 0 amide bonds. The SMILES string of the molecule is CCC(O)C(CO)c1ccc(Br)cc1. The molecule has 2 unspecified atom stereocenters. The van der Waals surface area contributed by atoms with Crippen molar-refractivity contribution >= 4 is 15.9 Å². The average Bonchev–Trinajstić information content (AvgIpc) is 2.21. The monoisotopic (exact) mass is 258 g/mol. The second-order valence-corrected chi connectivity index (χ2v) is 4.23. The van der Waals surface area contributed by atoms with E-state index < -0.39 is 6.10 Å². The molecule has 14 heavy (non-hydrogen) atoms. The van der Waals surface area contributed by atoms with Crippen molar-refractivity contribution in [1.29, 1.82) is 0 Å². The minimum Gasteiger partial charge on any atom is -0.396 e. The number of halogens is 1. The van der Waals surface area contributed by atoms with E-state index in [2.05, 4.69) is 15.9 Å². The zero-order valence-corrected chi connectivity index (χ0v) is 9.74. The maximum Gasteiger partial charge on any atom is 0.0628 e. The summed E-state index contributed by atoms with van der Waals surface area (Å²) in [5.74, 6) is -0.173. The first kappa shape index (κ1) is 11.7. The molecule has 0 spiro atoms. The highest BCUT2D eigenvalue weighted by molar-refractivity contribution is 9.10. The highest BCUT2D eigenvalue weighted by atomic mass is 79.9. The zero-order valence-electron chi connectivity index (χ0n) is 8.15. The van der Waals surface area contributed by atoms with Gasteiger partial charge in [0.1, 0.15) is 0 Å². The normalized spacial score (nSPS) is 15.1. The molecular weight excluding hydrogens is 244 g/mol. The van der Waals surface area contributed by atoms with Gasteiger partial charge in [-0.3, -0.25) is 0 Å². The molecule has 0 aromatic heterocycles. The van der Waals surface area contributed by atoms with E-state index in [0.717, 1.165) is 10.0 Å². The van der Waals surface area contributed by atoms with Gasteiger partial charge in [-0.1, -0.05) is 35.0 Å². The largest absolute Gasteiger partial charge is 0.396 e. The molecule has 0 saturated carbocycles. The first-order valence-electron chi connectivity index (χ1n) is 4.73. The Morgan fingerprint density at radius 3 is 2.29 bits per heavy atom. The predicted molar refractivity (Wildman–Crippen MR) is 60.3 cm³/mol. The Kier molecular flexibility index (Phi) is 4.58. The van der Waals surface area contributed by atoms with E-state index in [9.17, 15) is 10.2 Å². The summed E-state index contributed by atoms with van der Waals surface area (Å²) < 4.78 is 1.00. The Balaban J connectivity index is 2.84. The van der Waals surface area contributed by atoms with E-state index in [1.165, 1.54) is 0 Å². The fourth-order valence-electron chi connectivity index (χ4n) is 1.44. The average molecular weight is 259 g/mol. The van der Waals surface area contributed by atoms with Crippen molar-refractivity contribution in [3.8, 4) is 0 Å². The van der Waals surface area contributed by atoms with Crippen LogP contribution in [0.15, 0.2) is 28.7 Å². The second-order valence-electron chi connectivity index (χ2n) is 3.32. The molecular formula is C11H15BrO2. The molecule has 3 heteroatoms. The first-order valence-corrected chi connectivity index (χ1v) is 5.52. The molecule has 0 saturated heterocycles. The molecule has 2 N–H and O–H groups in total. The van der Waals surface area contributed by atoms with Crippen LogP contribution in [-0.4, -0.2) is 22.9 Å². The summed E-state index contributed by atoms with van der Waals surface area (Å²) in [6.45, 7) is 1.89. The van der Waals surface area contributed by atoms with E-state index >= 15 is 0 Å². The van der Waals surface area contributed by atoms with Crippen molar-refractivity contribution in [1.82, 2.24) is 0 Å². The number of aliphatic hydroxyl groups is 2. The maximum absolute atomic E-state index is 9.67. The third-order valence-electron chi connectivity index (χ3n) is 2.38. The van der Waals surface area contributed by atoms with Crippen LogP contribution >= 0.6 is 15.9 Å². The molecule has 2 atom stereocenters. The minimum absolute atomic E-state index is 0.0172. The first-order chi connectivity index (χ1) is 6.69. The fraction of sp³-hybridized carbons (Fsp3) is 0.455. The fourth-order valence-corrected chi connectivity index (χ4v) is 1.71. The third-order valence-corrected chi connectivity index (χ3v) is 2.91. The third kappa shape index (κ3) is 2.80. The smallest absolute Gasteiger partial charge is 0.0628 e. The summed E-state index contributed by atoms with van der Waals surface area (Å²) in [6.07, 6.45) is 0.183. The standard InChI is InChI=1S/C11H15BrO2/c1-2-11(14)10(7-13)8-3-5-9(12)6-4-8/h3-6,10-11,13-14H,2,7H2,1H3. The van der Waals surface area contributed by atoms with Crippen LogP contribution < -0.4 is 0 Å². The van der Waals surface area contributed by atoms with Crippen LogP contribution in [0.1, 0.15) is 24.8 Å². The minimum atomic E-state index is -0.471. The van der Waals surface area contributed by atoms with E-state index in [-0.39, 0.29) is 12.5 Å². The van der Waals surface area contributed by atoms with Gasteiger partial charge in [0.15, 0.2) is 0 Å². The summed E-state index contributed by atoms with van der Waals surface area (Å²) in [5, 5.41) is 18.8. The van der Waals surface area contributed by atoms with Crippen LogP contribution in [0, 0.1) is 0 Å². The lowest BCUT2D eigenvalue weighted by molar-refractivity contribution is 0.103. The van der Waals surface area contributed by atoms with Gasteiger partial charge in [-0.05, 0) is 24.1 Å². The summed E-state index contributed by atoms with van der Waals surface area (Å²) in [5.41, 5.74) is 0.977. The van der Waals surface area contributed by atoms with Crippen LogP contribution in [0.25, 0.3) is 0 Å². The number of rotatable bonds is 4. The van der Waals surface area contributed by atoms with E-state index in [0.29, 0.717) is 6.42 Å². The van der Waals surface area contributed by atoms with Crippen LogP contribution in [-0.2, 0) is 0 Å². The highest BCUT2D eigenvalue weighted by Gasteiger charge is 2.18. The highest BCUT2D eigenvalue weighted by Crippen LogP contribution is 2.22. The van der Waals surface area contributed by atoms with Crippen molar-refractivity contribution in [2.45, 2.75) is 25.4 Å². The van der Waals surface area contributed by atoms with E-state index in [1.54, 1.807) is 0 Å². The van der Waals surface area contributed by atoms with E-state index in [1.807, 2.05) is 31.2 Å². The Morgan fingerprint density at radius 2 is 1.86 bits per heavy atom. The maximum atomic E-state index is 9.67. The quantitative estimate of drug-likeness (QED) is 0.871. The summed E-state index contributed by atoms with van der Waals surface area (Å²) in [6, 6.07) is 7.68. The Morgan fingerprint density at radius 1 is 1.29 bits per heavy atom. The Hall–Kier alpha value is -0.380. The number of hydrogen-bond donors (Lipinski definition) is 2. The van der Waals surface area contributed by atoms with Gasteiger partial charge in [-0.15, -0.1) is 0 Å². The topological polar surface area (TPSA) is 40.5 Å². The number of hydrogen-bond acceptors (Lipinski definition) is 2. The zero-order chi connectivity index (χ0) is 10.6. The summed E-state index contributed by atoms with van der Waals surface area (Å²) in [7, 11) is 0. The molecule has 0 aliphatic carbocycles. The molecule has 0 aliphatic rings. The number of benzene rings is 1. The van der Waals surface area contributed by atoms with E-state index in [4.69, 9.17) is 0 Å². The van der Waals surface area contributed by atoms with Gasteiger partial charge in [0.25, 0.3) is 0 Å². The number of aliphatic hydroxyl groups excluding tert-OH is 2. The molecule has 1 aromatic rings.